The highest BCUT2D eigenvalue weighted by atomic mass is 19.1. The Morgan fingerprint density at radius 2 is 1.87 bits per heavy atom. The molecule has 0 spiro atoms. The van der Waals surface area contributed by atoms with Crippen LogP contribution in [0.3, 0.4) is 0 Å². The molecule has 0 radical (unpaired) electrons. The summed E-state index contributed by atoms with van der Waals surface area (Å²) >= 11 is 0. The zero-order valence-electron chi connectivity index (χ0n) is 9.27. The number of aliphatic hydroxyl groups is 1. The van der Waals surface area contributed by atoms with Gasteiger partial charge in [0.05, 0.1) is 6.10 Å². The van der Waals surface area contributed by atoms with Crippen molar-refractivity contribution in [2.75, 3.05) is 7.11 Å². The van der Waals surface area contributed by atoms with E-state index < -0.39 is 11.9 Å². The van der Waals surface area contributed by atoms with Gasteiger partial charge in [-0.05, 0) is 12.0 Å². The second-order valence-corrected chi connectivity index (χ2v) is 3.91. The molecule has 0 fully saturated rings. The lowest BCUT2D eigenvalue weighted by Crippen LogP contribution is -2.27. The Kier molecular flexibility index (Phi) is 4.24. The number of aliphatic hydroxyl groups excluding tert-OH is 1. The molecule has 0 aliphatic heterocycles. The quantitative estimate of drug-likeness (QED) is 0.831. The Morgan fingerprint density at radius 3 is 2.33 bits per heavy atom. The number of ether oxygens (including phenoxy) is 1. The van der Waals surface area contributed by atoms with Crippen LogP contribution >= 0.6 is 0 Å². The van der Waals surface area contributed by atoms with E-state index in [1.807, 2.05) is 13.8 Å². The number of halogens is 1. The van der Waals surface area contributed by atoms with Crippen LogP contribution in [-0.2, 0) is 4.74 Å². The molecule has 0 aromatic heterocycles. The molecular weight excluding hydrogens is 195 g/mol. The van der Waals surface area contributed by atoms with Crippen molar-refractivity contribution in [3.63, 3.8) is 0 Å². The van der Waals surface area contributed by atoms with Gasteiger partial charge in [-0.1, -0.05) is 32.0 Å². The van der Waals surface area contributed by atoms with Crippen LogP contribution in [0.4, 0.5) is 4.39 Å². The number of methoxy groups -OCH3 is 1. The third-order valence-electron chi connectivity index (χ3n) is 2.46. The topological polar surface area (TPSA) is 29.5 Å². The Labute approximate surface area is 89.7 Å². The molecule has 84 valence electrons. The van der Waals surface area contributed by atoms with Crippen molar-refractivity contribution in [1.29, 1.82) is 0 Å². The summed E-state index contributed by atoms with van der Waals surface area (Å²) in [6, 6.07) is 6.22. The zero-order chi connectivity index (χ0) is 11.4. The summed E-state index contributed by atoms with van der Waals surface area (Å²) in [5.74, 6) is -0.266. The molecule has 1 aromatic carbocycles. The SMILES string of the molecule is COC(C(C)C)C(O)c1ccccc1F. The van der Waals surface area contributed by atoms with Gasteiger partial charge in [-0.15, -0.1) is 0 Å². The molecule has 1 rings (SSSR count). The fraction of sp³-hybridized carbons (Fsp3) is 0.500. The molecule has 1 aromatic rings. The van der Waals surface area contributed by atoms with Gasteiger partial charge in [-0.2, -0.15) is 0 Å². The Balaban J connectivity index is 2.92. The van der Waals surface area contributed by atoms with E-state index in [0.29, 0.717) is 0 Å². The van der Waals surface area contributed by atoms with Gasteiger partial charge < -0.3 is 9.84 Å². The first-order valence-corrected chi connectivity index (χ1v) is 5.03. The zero-order valence-corrected chi connectivity index (χ0v) is 9.27. The fourth-order valence-corrected chi connectivity index (χ4v) is 1.66. The van der Waals surface area contributed by atoms with Crippen LogP contribution in [-0.4, -0.2) is 18.3 Å². The first-order valence-electron chi connectivity index (χ1n) is 5.03. The second-order valence-electron chi connectivity index (χ2n) is 3.91. The van der Waals surface area contributed by atoms with E-state index in [2.05, 4.69) is 0 Å². The lowest BCUT2D eigenvalue weighted by Gasteiger charge is -2.25. The molecule has 0 aliphatic rings. The largest absolute Gasteiger partial charge is 0.386 e. The predicted molar refractivity (Wildman–Crippen MR) is 57.0 cm³/mol. The molecule has 1 N–H and O–H groups in total. The number of rotatable bonds is 4. The Morgan fingerprint density at radius 1 is 1.27 bits per heavy atom. The molecular formula is C12H17FO2. The third kappa shape index (κ3) is 2.76. The van der Waals surface area contributed by atoms with Crippen molar-refractivity contribution < 1.29 is 14.2 Å². The maximum atomic E-state index is 13.4. The van der Waals surface area contributed by atoms with E-state index in [-0.39, 0.29) is 17.6 Å². The van der Waals surface area contributed by atoms with Gasteiger partial charge in [0.2, 0.25) is 0 Å². The van der Waals surface area contributed by atoms with Gasteiger partial charge >= 0.3 is 0 Å². The Hall–Kier alpha value is -0.930. The maximum absolute atomic E-state index is 13.4. The van der Waals surface area contributed by atoms with E-state index in [4.69, 9.17) is 4.74 Å². The summed E-state index contributed by atoms with van der Waals surface area (Å²) in [6.45, 7) is 3.86. The molecule has 2 nitrogen and oxygen atoms in total. The van der Waals surface area contributed by atoms with Crippen molar-refractivity contribution >= 4 is 0 Å². The minimum atomic E-state index is -0.920. The highest BCUT2D eigenvalue weighted by Gasteiger charge is 2.25. The lowest BCUT2D eigenvalue weighted by molar-refractivity contribution is -0.0404. The minimum absolute atomic E-state index is 0.129. The van der Waals surface area contributed by atoms with Gasteiger partial charge in [-0.25, -0.2) is 4.39 Å². The highest BCUT2D eigenvalue weighted by molar-refractivity contribution is 5.20. The van der Waals surface area contributed by atoms with Gasteiger partial charge in [0.25, 0.3) is 0 Å². The normalized spacial score (nSPS) is 15.3. The van der Waals surface area contributed by atoms with Crippen molar-refractivity contribution in [2.45, 2.75) is 26.1 Å². The van der Waals surface area contributed by atoms with E-state index in [9.17, 15) is 9.50 Å². The van der Waals surface area contributed by atoms with Crippen LogP contribution < -0.4 is 0 Å². The summed E-state index contributed by atoms with van der Waals surface area (Å²) in [5, 5.41) is 9.97. The first-order chi connectivity index (χ1) is 7.07. The second kappa shape index (κ2) is 5.24. The smallest absolute Gasteiger partial charge is 0.129 e. The molecule has 2 unspecified atom stereocenters. The van der Waals surface area contributed by atoms with Gasteiger partial charge in [-0.3, -0.25) is 0 Å². The summed E-state index contributed by atoms with van der Waals surface area (Å²) in [7, 11) is 1.52. The Bertz CT molecular complexity index is 312. The van der Waals surface area contributed by atoms with Crippen molar-refractivity contribution in [3.05, 3.63) is 35.6 Å². The van der Waals surface area contributed by atoms with Gasteiger partial charge in [0.1, 0.15) is 11.9 Å². The van der Waals surface area contributed by atoms with Crippen molar-refractivity contribution in [3.8, 4) is 0 Å². The van der Waals surface area contributed by atoms with Crippen molar-refractivity contribution in [2.24, 2.45) is 5.92 Å². The number of hydrogen-bond acceptors (Lipinski definition) is 2. The standard InChI is InChI=1S/C12H17FO2/c1-8(2)12(15-3)11(14)9-6-4-5-7-10(9)13/h4-8,11-12,14H,1-3H3. The molecule has 0 bridgehead atoms. The van der Waals surface area contributed by atoms with Crippen LogP contribution in [0.25, 0.3) is 0 Å². The molecule has 0 aliphatic carbocycles. The first kappa shape index (κ1) is 12.1. The molecule has 2 atom stereocenters. The van der Waals surface area contributed by atoms with Crippen molar-refractivity contribution in [1.82, 2.24) is 0 Å². The summed E-state index contributed by atoms with van der Waals surface area (Å²) in [5.41, 5.74) is 0.290. The van der Waals surface area contributed by atoms with E-state index in [0.717, 1.165) is 0 Å². The molecule has 0 heterocycles. The number of benzene rings is 1. The van der Waals surface area contributed by atoms with Gasteiger partial charge in [0, 0.05) is 12.7 Å². The van der Waals surface area contributed by atoms with E-state index >= 15 is 0 Å². The summed E-state index contributed by atoms with van der Waals surface area (Å²) in [6.07, 6.45) is -1.31. The van der Waals surface area contributed by atoms with E-state index in [1.165, 1.54) is 13.2 Å². The highest BCUT2D eigenvalue weighted by Crippen LogP contribution is 2.25. The minimum Gasteiger partial charge on any atom is -0.386 e. The van der Waals surface area contributed by atoms with Crippen LogP contribution in [0.5, 0.6) is 0 Å². The third-order valence-corrected chi connectivity index (χ3v) is 2.46. The monoisotopic (exact) mass is 212 g/mol. The van der Waals surface area contributed by atoms with E-state index in [1.54, 1.807) is 18.2 Å². The van der Waals surface area contributed by atoms with Crippen LogP contribution in [0, 0.1) is 11.7 Å². The maximum Gasteiger partial charge on any atom is 0.129 e. The summed E-state index contributed by atoms with van der Waals surface area (Å²) < 4.78 is 18.6. The predicted octanol–water partition coefficient (Wildman–Crippen LogP) is 2.53. The molecule has 0 saturated heterocycles. The molecule has 15 heavy (non-hydrogen) atoms. The fourth-order valence-electron chi connectivity index (χ4n) is 1.66. The molecule has 0 saturated carbocycles. The van der Waals surface area contributed by atoms with Gasteiger partial charge in [0.15, 0.2) is 0 Å². The summed E-state index contributed by atoms with van der Waals surface area (Å²) in [4.78, 5) is 0. The number of hydrogen-bond donors (Lipinski definition) is 1. The van der Waals surface area contributed by atoms with Crippen LogP contribution in [0.15, 0.2) is 24.3 Å². The molecule has 0 amide bonds. The lowest BCUT2D eigenvalue weighted by atomic mass is 9.96. The molecule has 3 heteroatoms. The average molecular weight is 212 g/mol. The van der Waals surface area contributed by atoms with Crippen LogP contribution in [0.1, 0.15) is 25.5 Å². The average Bonchev–Trinajstić information content (AvgIpc) is 2.18. The van der Waals surface area contributed by atoms with Crippen LogP contribution in [0.2, 0.25) is 0 Å².